The molecule has 2 N–H and O–H groups in total. The maximum absolute atomic E-state index is 12.4. The second-order valence-corrected chi connectivity index (χ2v) is 5.46. The number of hydrogen-bond acceptors (Lipinski definition) is 5. The van der Waals surface area contributed by atoms with Crippen LogP contribution in [0.3, 0.4) is 0 Å². The molecule has 0 aliphatic rings. The SMILES string of the molecule is COc1ccc(NC(=O)c2cc(Nc3ccc(C)cc3)ncn2)cc1. The second kappa shape index (κ2) is 7.44. The second-order valence-electron chi connectivity index (χ2n) is 5.46. The number of amides is 1. The van der Waals surface area contributed by atoms with Gasteiger partial charge in [-0.05, 0) is 43.3 Å². The summed E-state index contributed by atoms with van der Waals surface area (Å²) in [7, 11) is 1.59. The summed E-state index contributed by atoms with van der Waals surface area (Å²) in [4.78, 5) is 20.5. The van der Waals surface area contributed by atoms with Crippen molar-refractivity contribution in [3.05, 3.63) is 72.2 Å². The highest BCUT2D eigenvalue weighted by molar-refractivity contribution is 6.03. The van der Waals surface area contributed by atoms with E-state index in [0.717, 1.165) is 11.4 Å². The van der Waals surface area contributed by atoms with Crippen LogP contribution in [0.2, 0.25) is 0 Å². The predicted molar refractivity (Wildman–Crippen MR) is 97.4 cm³/mol. The highest BCUT2D eigenvalue weighted by atomic mass is 16.5. The third-order valence-corrected chi connectivity index (χ3v) is 3.57. The van der Waals surface area contributed by atoms with Gasteiger partial charge < -0.3 is 15.4 Å². The topological polar surface area (TPSA) is 76.1 Å². The lowest BCUT2D eigenvalue weighted by Gasteiger charge is -2.08. The van der Waals surface area contributed by atoms with Gasteiger partial charge in [-0.2, -0.15) is 0 Å². The van der Waals surface area contributed by atoms with Crippen LogP contribution in [0.25, 0.3) is 0 Å². The van der Waals surface area contributed by atoms with Crippen LogP contribution in [0, 0.1) is 6.92 Å². The van der Waals surface area contributed by atoms with Gasteiger partial charge in [-0.3, -0.25) is 4.79 Å². The van der Waals surface area contributed by atoms with E-state index in [1.807, 2.05) is 31.2 Å². The first-order valence-corrected chi connectivity index (χ1v) is 7.75. The van der Waals surface area contributed by atoms with Gasteiger partial charge in [-0.1, -0.05) is 17.7 Å². The van der Waals surface area contributed by atoms with Gasteiger partial charge in [0.15, 0.2) is 0 Å². The molecule has 0 fully saturated rings. The van der Waals surface area contributed by atoms with Crippen molar-refractivity contribution < 1.29 is 9.53 Å². The monoisotopic (exact) mass is 334 g/mol. The van der Waals surface area contributed by atoms with Gasteiger partial charge in [0.25, 0.3) is 5.91 Å². The maximum atomic E-state index is 12.4. The van der Waals surface area contributed by atoms with Crippen LogP contribution in [-0.2, 0) is 0 Å². The fourth-order valence-corrected chi connectivity index (χ4v) is 2.20. The maximum Gasteiger partial charge on any atom is 0.274 e. The quantitative estimate of drug-likeness (QED) is 0.742. The molecule has 0 saturated carbocycles. The van der Waals surface area contributed by atoms with E-state index in [-0.39, 0.29) is 11.6 Å². The van der Waals surface area contributed by atoms with Gasteiger partial charge in [0.05, 0.1) is 7.11 Å². The Morgan fingerprint density at radius 1 is 0.960 bits per heavy atom. The fraction of sp³-hybridized carbons (Fsp3) is 0.105. The van der Waals surface area contributed by atoms with E-state index in [4.69, 9.17) is 4.74 Å². The zero-order valence-corrected chi connectivity index (χ0v) is 14.0. The third kappa shape index (κ3) is 4.32. The van der Waals surface area contributed by atoms with Crippen LogP contribution >= 0.6 is 0 Å². The molecule has 0 bridgehead atoms. The molecule has 3 aromatic rings. The smallest absolute Gasteiger partial charge is 0.274 e. The zero-order valence-electron chi connectivity index (χ0n) is 14.0. The Morgan fingerprint density at radius 3 is 2.32 bits per heavy atom. The standard InChI is InChI=1S/C19H18N4O2/c1-13-3-5-14(6-4-13)22-18-11-17(20-12-21-18)19(24)23-15-7-9-16(25-2)10-8-15/h3-12H,1-2H3,(H,23,24)(H,20,21,22). The molecule has 0 radical (unpaired) electrons. The van der Waals surface area contributed by atoms with Crippen molar-refractivity contribution in [2.24, 2.45) is 0 Å². The Bertz CT molecular complexity index is 861. The molecule has 0 spiro atoms. The molecule has 1 heterocycles. The average molecular weight is 334 g/mol. The number of anilines is 3. The van der Waals surface area contributed by atoms with Crippen molar-refractivity contribution in [3.8, 4) is 5.75 Å². The van der Waals surface area contributed by atoms with E-state index >= 15 is 0 Å². The normalized spacial score (nSPS) is 10.2. The van der Waals surface area contributed by atoms with Crippen LogP contribution in [0.5, 0.6) is 5.75 Å². The number of benzene rings is 2. The third-order valence-electron chi connectivity index (χ3n) is 3.57. The number of ether oxygens (including phenoxy) is 1. The Balaban J connectivity index is 1.71. The summed E-state index contributed by atoms with van der Waals surface area (Å²) in [5.41, 5.74) is 3.01. The zero-order chi connectivity index (χ0) is 17.6. The molecule has 0 atom stereocenters. The largest absolute Gasteiger partial charge is 0.497 e. The molecule has 6 nitrogen and oxygen atoms in total. The van der Waals surface area contributed by atoms with Crippen LogP contribution < -0.4 is 15.4 Å². The summed E-state index contributed by atoms with van der Waals surface area (Å²) in [6, 6.07) is 16.6. The van der Waals surface area contributed by atoms with Gasteiger partial charge >= 0.3 is 0 Å². The number of aryl methyl sites for hydroxylation is 1. The summed E-state index contributed by atoms with van der Waals surface area (Å²) < 4.78 is 5.10. The number of nitrogens with zero attached hydrogens (tertiary/aromatic N) is 2. The van der Waals surface area contributed by atoms with Crippen molar-refractivity contribution in [1.82, 2.24) is 9.97 Å². The van der Waals surface area contributed by atoms with E-state index in [1.54, 1.807) is 37.4 Å². The minimum atomic E-state index is -0.306. The lowest BCUT2D eigenvalue weighted by atomic mass is 10.2. The number of methoxy groups -OCH3 is 1. The Hall–Kier alpha value is -3.41. The molecular weight excluding hydrogens is 316 g/mol. The lowest BCUT2D eigenvalue weighted by Crippen LogP contribution is -2.14. The lowest BCUT2D eigenvalue weighted by molar-refractivity contribution is 0.102. The molecule has 1 aromatic heterocycles. The number of rotatable bonds is 5. The van der Waals surface area contributed by atoms with E-state index in [0.29, 0.717) is 11.5 Å². The molecule has 0 unspecified atom stereocenters. The van der Waals surface area contributed by atoms with E-state index in [1.165, 1.54) is 11.9 Å². The Labute approximate surface area is 145 Å². The molecule has 0 saturated heterocycles. The number of carbonyl (C=O) groups excluding carboxylic acids is 1. The van der Waals surface area contributed by atoms with Gasteiger partial charge in [0.2, 0.25) is 0 Å². The minimum absolute atomic E-state index is 0.278. The van der Waals surface area contributed by atoms with Crippen molar-refractivity contribution in [2.45, 2.75) is 6.92 Å². The minimum Gasteiger partial charge on any atom is -0.497 e. The van der Waals surface area contributed by atoms with E-state index < -0.39 is 0 Å². The van der Waals surface area contributed by atoms with Crippen LogP contribution in [0.1, 0.15) is 16.1 Å². The molecule has 0 aliphatic carbocycles. The first kappa shape index (κ1) is 16.4. The first-order valence-electron chi connectivity index (χ1n) is 7.75. The van der Waals surface area contributed by atoms with Crippen molar-refractivity contribution in [2.75, 3.05) is 17.7 Å². The number of carbonyl (C=O) groups is 1. The molecule has 0 aliphatic heterocycles. The van der Waals surface area contributed by atoms with Crippen LogP contribution in [0.15, 0.2) is 60.9 Å². The number of aromatic nitrogens is 2. The molecule has 2 aromatic carbocycles. The van der Waals surface area contributed by atoms with Crippen molar-refractivity contribution in [3.63, 3.8) is 0 Å². The predicted octanol–water partition coefficient (Wildman–Crippen LogP) is 3.79. The van der Waals surface area contributed by atoms with Crippen LogP contribution in [0.4, 0.5) is 17.2 Å². The van der Waals surface area contributed by atoms with E-state index in [2.05, 4.69) is 20.6 Å². The summed E-state index contributed by atoms with van der Waals surface area (Å²) in [5, 5.41) is 5.95. The Kier molecular flexibility index (Phi) is 4.89. The Morgan fingerprint density at radius 2 is 1.64 bits per heavy atom. The van der Waals surface area contributed by atoms with Crippen molar-refractivity contribution in [1.29, 1.82) is 0 Å². The fourth-order valence-electron chi connectivity index (χ4n) is 2.20. The number of nitrogens with one attached hydrogen (secondary N) is 2. The molecule has 126 valence electrons. The van der Waals surface area contributed by atoms with Gasteiger partial charge in [-0.15, -0.1) is 0 Å². The number of hydrogen-bond donors (Lipinski definition) is 2. The summed E-state index contributed by atoms with van der Waals surface area (Å²) in [6.45, 7) is 2.02. The van der Waals surface area contributed by atoms with E-state index in [9.17, 15) is 4.79 Å². The molecule has 1 amide bonds. The summed E-state index contributed by atoms with van der Waals surface area (Å²) in [5.74, 6) is 0.975. The molecule has 25 heavy (non-hydrogen) atoms. The highest BCUT2D eigenvalue weighted by Gasteiger charge is 2.09. The summed E-state index contributed by atoms with van der Waals surface area (Å²) >= 11 is 0. The molecule has 6 heteroatoms. The molecular formula is C19H18N4O2. The average Bonchev–Trinajstić information content (AvgIpc) is 2.64. The van der Waals surface area contributed by atoms with Crippen molar-refractivity contribution >= 4 is 23.1 Å². The first-order chi connectivity index (χ1) is 12.1. The van der Waals surface area contributed by atoms with Gasteiger partial charge in [0.1, 0.15) is 23.6 Å². The molecule has 3 rings (SSSR count). The highest BCUT2D eigenvalue weighted by Crippen LogP contribution is 2.17. The van der Waals surface area contributed by atoms with Crippen LogP contribution in [-0.4, -0.2) is 23.0 Å². The summed E-state index contributed by atoms with van der Waals surface area (Å²) in [6.07, 6.45) is 1.36. The van der Waals surface area contributed by atoms with Gasteiger partial charge in [-0.25, -0.2) is 9.97 Å². The van der Waals surface area contributed by atoms with Gasteiger partial charge in [0, 0.05) is 17.4 Å².